The molecule has 0 bridgehead atoms. The number of rotatable bonds is 3. The lowest BCUT2D eigenvalue weighted by atomic mass is 10.1. The maximum Gasteiger partial charge on any atom is 0.277 e. The van der Waals surface area contributed by atoms with E-state index in [1.54, 1.807) is 0 Å². The van der Waals surface area contributed by atoms with E-state index >= 15 is 0 Å². The molecule has 134 valence electrons. The van der Waals surface area contributed by atoms with Gasteiger partial charge < -0.3 is 4.90 Å². The highest BCUT2D eigenvalue weighted by Gasteiger charge is 2.33. The van der Waals surface area contributed by atoms with Crippen LogP contribution in [-0.4, -0.2) is 11.6 Å². The number of para-hydroxylation sites is 1. The van der Waals surface area contributed by atoms with Gasteiger partial charge in [-0.3, -0.25) is 4.79 Å². The summed E-state index contributed by atoms with van der Waals surface area (Å²) < 4.78 is 0. The summed E-state index contributed by atoms with van der Waals surface area (Å²) in [5.74, 6) is -0.0574. The summed E-state index contributed by atoms with van der Waals surface area (Å²) in [6, 6.07) is 32.0. The van der Waals surface area contributed by atoms with Gasteiger partial charge in [0.15, 0.2) is 0 Å². The van der Waals surface area contributed by atoms with Crippen molar-refractivity contribution in [2.75, 3.05) is 4.90 Å². The lowest BCUT2D eigenvalue weighted by Gasteiger charge is -2.16. The first-order valence-corrected chi connectivity index (χ1v) is 9.33. The molecule has 0 spiro atoms. The van der Waals surface area contributed by atoms with Crippen molar-refractivity contribution in [3.8, 4) is 0 Å². The smallest absolute Gasteiger partial charge is 0.277 e. The van der Waals surface area contributed by atoms with Gasteiger partial charge in [-0.1, -0.05) is 84.9 Å². The summed E-state index contributed by atoms with van der Waals surface area (Å²) in [6.45, 7) is 0.533. The number of carbonyl (C=O) groups excluding carboxylic acids is 1. The molecule has 0 unspecified atom stereocenters. The second kappa shape index (κ2) is 6.78. The highest BCUT2D eigenvalue weighted by atomic mass is 16.2. The molecule has 1 amide bonds. The van der Waals surface area contributed by atoms with Crippen LogP contribution >= 0.6 is 0 Å². The Labute approximate surface area is 163 Å². The van der Waals surface area contributed by atoms with E-state index in [9.17, 15) is 4.79 Å². The first kappa shape index (κ1) is 16.5. The molecule has 0 N–H and O–H groups in total. The van der Waals surface area contributed by atoms with Crippen LogP contribution in [0.2, 0.25) is 0 Å². The Morgan fingerprint density at radius 3 is 2.32 bits per heavy atom. The van der Waals surface area contributed by atoms with Crippen LogP contribution in [-0.2, 0) is 11.3 Å². The first-order chi connectivity index (χ1) is 13.8. The van der Waals surface area contributed by atoms with Gasteiger partial charge in [0.1, 0.15) is 5.71 Å². The van der Waals surface area contributed by atoms with E-state index in [-0.39, 0.29) is 5.91 Å². The van der Waals surface area contributed by atoms with E-state index in [4.69, 9.17) is 4.99 Å². The van der Waals surface area contributed by atoms with Crippen LogP contribution in [0.1, 0.15) is 11.1 Å². The van der Waals surface area contributed by atoms with Gasteiger partial charge in [-0.15, -0.1) is 0 Å². The van der Waals surface area contributed by atoms with Gasteiger partial charge in [-0.05, 0) is 23.1 Å². The fourth-order valence-corrected chi connectivity index (χ4v) is 3.72. The van der Waals surface area contributed by atoms with E-state index in [1.165, 1.54) is 0 Å². The van der Waals surface area contributed by atoms with E-state index in [1.807, 2.05) is 89.8 Å². The van der Waals surface area contributed by atoms with Crippen LogP contribution in [0.5, 0.6) is 0 Å². The summed E-state index contributed by atoms with van der Waals surface area (Å²) in [5.41, 5.74) is 4.21. The van der Waals surface area contributed by atoms with Crippen LogP contribution in [0.3, 0.4) is 0 Å². The van der Waals surface area contributed by atoms with E-state index in [0.29, 0.717) is 12.3 Å². The fourth-order valence-electron chi connectivity index (χ4n) is 3.72. The zero-order valence-corrected chi connectivity index (χ0v) is 15.2. The van der Waals surface area contributed by atoms with Crippen molar-refractivity contribution < 1.29 is 4.79 Å². The predicted octanol–water partition coefficient (Wildman–Crippen LogP) is 5.51. The lowest BCUT2D eigenvalue weighted by molar-refractivity contribution is -0.112. The zero-order valence-electron chi connectivity index (χ0n) is 15.2. The quantitative estimate of drug-likeness (QED) is 0.473. The molecule has 28 heavy (non-hydrogen) atoms. The molecule has 0 atom stereocenters. The minimum atomic E-state index is -0.0574. The monoisotopic (exact) mass is 362 g/mol. The van der Waals surface area contributed by atoms with Gasteiger partial charge in [-0.2, -0.15) is 0 Å². The lowest BCUT2D eigenvalue weighted by Crippen LogP contribution is -2.29. The van der Waals surface area contributed by atoms with Crippen LogP contribution < -0.4 is 4.90 Å². The Balaban J connectivity index is 1.62. The number of hydrogen-bond acceptors (Lipinski definition) is 2. The zero-order chi connectivity index (χ0) is 18.9. The van der Waals surface area contributed by atoms with Crippen LogP contribution in [0.25, 0.3) is 10.8 Å². The Kier molecular flexibility index (Phi) is 3.99. The van der Waals surface area contributed by atoms with Crippen molar-refractivity contribution in [1.29, 1.82) is 0 Å². The van der Waals surface area contributed by atoms with E-state index < -0.39 is 0 Å². The molecule has 0 saturated carbocycles. The second-order valence-corrected chi connectivity index (χ2v) is 6.85. The molecule has 3 nitrogen and oxygen atoms in total. The summed E-state index contributed by atoms with van der Waals surface area (Å²) in [7, 11) is 0. The largest absolute Gasteiger partial charge is 0.302 e. The Bertz CT molecular complexity index is 1210. The molecule has 0 radical (unpaired) electrons. The number of benzene rings is 4. The maximum atomic E-state index is 13.3. The molecule has 0 aromatic heterocycles. The Morgan fingerprint density at radius 1 is 0.714 bits per heavy atom. The van der Waals surface area contributed by atoms with Crippen LogP contribution in [0, 0.1) is 0 Å². The Hall–Kier alpha value is -3.72. The molecule has 3 heteroatoms. The molecule has 4 aromatic carbocycles. The molecular weight excluding hydrogens is 344 g/mol. The van der Waals surface area contributed by atoms with E-state index in [2.05, 4.69) is 12.1 Å². The molecule has 5 rings (SSSR count). The number of anilines is 1. The molecular formula is C25H18N2O. The predicted molar refractivity (Wildman–Crippen MR) is 114 cm³/mol. The molecule has 1 aliphatic rings. The van der Waals surface area contributed by atoms with Crippen LogP contribution in [0.4, 0.5) is 11.4 Å². The minimum Gasteiger partial charge on any atom is -0.302 e. The SMILES string of the molecule is O=C1C(=Nc2cccc3ccccc23)c2ccccc2N1Cc1ccccc1. The van der Waals surface area contributed by atoms with Crippen molar-refractivity contribution in [3.05, 3.63) is 108 Å². The molecule has 1 heterocycles. The molecule has 0 saturated heterocycles. The van der Waals surface area contributed by atoms with E-state index in [0.717, 1.165) is 33.3 Å². The fraction of sp³-hybridized carbons (Fsp3) is 0.0400. The van der Waals surface area contributed by atoms with Crippen molar-refractivity contribution in [2.45, 2.75) is 6.54 Å². The molecule has 1 aliphatic heterocycles. The minimum absolute atomic E-state index is 0.0574. The summed E-state index contributed by atoms with van der Waals surface area (Å²) >= 11 is 0. The van der Waals surface area contributed by atoms with Gasteiger partial charge in [0, 0.05) is 10.9 Å². The van der Waals surface area contributed by atoms with Gasteiger partial charge in [0.25, 0.3) is 5.91 Å². The summed E-state index contributed by atoms with van der Waals surface area (Å²) in [5, 5.41) is 2.16. The third kappa shape index (κ3) is 2.78. The summed E-state index contributed by atoms with van der Waals surface area (Å²) in [4.78, 5) is 19.9. The normalized spacial score (nSPS) is 14.6. The van der Waals surface area contributed by atoms with Crippen molar-refractivity contribution in [3.63, 3.8) is 0 Å². The van der Waals surface area contributed by atoms with Crippen molar-refractivity contribution in [2.24, 2.45) is 4.99 Å². The number of fused-ring (bicyclic) bond motifs is 2. The molecule has 0 fully saturated rings. The third-order valence-corrected chi connectivity index (χ3v) is 5.08. The van der Waals surface area contributed by atoms with Gasteiger partial charge in [0.2, 0.25) is 0 Å². The number of carbonyl (C=O) groups is 1. The topological polar surface area (TPSA) is 32.7 Å². The average Bonchev–Trinajstić information content (AvgIpc) is 3.01. The number of nitrogens with zero attached hydrogens (tertiary/aromatic N) is 2. The first-order valence-electron chi connectivity index (χ1n) is 9.33. The van der Waals surface area contributed by atoms with Crippen molar-refractivity contribution >= 4 is 33.8 Å². The number of aliphatic imine (C=N–C) groups is 1. The highest BCUT2D eigenvalue weighted by Crippen LogP contribution is 2.33. The maximum absolute atomic E-state index is 13.3. The van der Waals surface area contributed by atoms with Gasteiger partial charge in [-0.25, -0.2) is 4.99 Å². The number of amides is 1. The third-order valence-electron chi connectivity index (χ3n) is 5.08. The van der Waals surface area contributed by atoms with Crippen molar-refractivity contribution in [1.82, 2.24) is 0 Å². The van der Waals surface area contributed by atoms with Gasteiger partial charge >= 0.3 is 0 Å². The van der Waals surface area contributed by atoms with Crippen LogP contribution in [0.15, 0.2) is 102 Å². The number of hydrogen-bond donors (Lipinski definition) is 0. The second-order valence-electron chi connectivity index (χ2n) is 6.85. The molecule has 4 aromatic rings. The summed E-state index contributed by atoms with van der Waals surface area (Å²) in [6.07, 6.45) is 0. The van der Waals surface area contributed by atoms with Gasteiger partial charge in [0.05, 0.1) is 17.9 Å². The average molecular weight is 362 g/mol. The standard InChI is InChI=1S/C25H18N2O/c28-25-24(26-22-15-8-12-19-11-4-5-13-20(19)22)21-14-6-7-16-23(21)27(25)17-18-9-2-1-3-10-18/h1-16H,17H2. The Morgan fingerprint density at radius 2 is 1.43 bits per heavy atom. The highest BCUT2D eigenvalue weighted by molar-refractivity contribution is 6.54. The molecule has 0 aliphatic carbocycles.